The highest BCUT2D eigenvalue weighted by atomic mass is 35.5. The maximum atomic E-state index is 12.1. The second-order valence-corrected chi connectivity index (χ2v) is 5.16. The molecule has 4 nitrogen and oxygen atoms in total. The van der Waals surface area contributed by atoms with Crippen LogP contribution in [0.2, 0.25) is 5.15 Å². The van der Waals surface area contributed by atoms with Gasteiger partial charge in [0.2, 0.25) is 5.91 Å². The van der Waals surface area contributed by atoms with E-state index in [-0.39, 0.29) is 11.8 Å². The van der Waals surface area contributed by atoms with Gasteiger partial charge in [0.05, 0.1) is 11.2 Å². The smallest absolute Gasteiger partial charge is 0.244 e. The number of halogens is 1. The molecule has 0 saturated heterocycles. The number of aromatic nitrogens is 1. The molecule has 3 N–H and O–H groups in total. The first-order chi connectivity index (χ1) is 7.93. The monoisotopic (exact) mass is 253 g/mol. The van der Waals surface area contributed by atoms with E-state index in [1.54, 1.807) is 19.2 Å². The van der Waals surface area contributed by atoms with Gasteiger partial charge >= 0.3 is 0 Å². The van der Waals surface area contributed by atoms with Crippen molar-refractivity contribution < 1.29 is 4.79 Å². The lowest BCUT2D eigenvalue weighted by molar-refractivity contribution is -0.121. The average molecular weight is 254 g/mol. The highest BCUT2D eigenvalue weighted by Gasteiger charge is 2.44. The molecule has 17 heavy (non-hydrogen) atoms. The highest BCUT2D eigenvalue weighted by molar-refractivity contribution is 6.32. The standard InChI is InChI=1S/C12H16ClN3O/c1-7-5-6-15-10(13)9(7)16-11(17)12(2,14)8-3-4-8/h5-6,8H,3-4,14H2,1-2H3,(H,16,17). The Kier molecular flexibility index (Phi) is 3.10. The summed E-state index contributed by atoms with van der Waals surface area (Å²) in [6.45, 7) is 3.63. The summed E-state index contributed by atoms with van der Waals surface area (Å²) in [6.07, 6.45) is 3.64. The first-order valence-corrected chi connectivity index (χ1v) is 6.02. The minimum Gasteiger partial charge on any atom is -0.322 e. The maximum absolute atomic E-state index is 12.1. The molecule has 0 aromatic carbocycles. The Morgan fingerprint density at radius 1 is 1.65 bits per heavy atom. The Labute approximate surface area is 106 Å². The van der Waals surface area contributed by atoms with Crippen LogP contribution in [0.25, 0.3) is 0 Å². The molecule has 0 radical (unpaired) electrons. The lowest BCUT2D eigenvalue weighted by Gasteiger charge is -2.23. The van der Waals surface area contributed by atoms with E-state index in [0.717, 1.165) is 18.4 Å². The first-order valence-electron chi connectivity index (χ1n) is 5.64. The van der Waals surface area contributed by atoms with Crippen LogP contribution in [0.3, 0.4) is 0 Å². The summed E-state index contributed by atoms with van der Waals surface area (Å²) in [5, 5.41) is 3.08. The van der Waals surface area contributed by atoms with Crippen molar-refractivity contribution in [3.05, 3.63) is 23.0 Å². The Morgan fingerprint density at radius 2 is 2.29 bits per heavy atom. The van der Waals surface area contributed by atoms with E-state index in [0.29, 0.717) is 10.8 Å². The molecule has 0 spiro atoms. The van der Waals surface area contributed by atoms with Gasteiger partial charge in [0, 0.05) is 6.20 Å². The number of pyridine rings is 1. The van der Waals surface area contributed by atoms with Crippen LogP contribution >= 0.6 is 11.6 Å². The normalized spacial score (nSPS) is 18.6. The summed E-state index contributed by atoms with van der Waals surface area (Å²) in [5.41, 5.74) is 6.64. The minimum atomic E-state index is -0.828. The molecule has 1 aromatic heterocycles. The average Bonchev–Trinajstić information content (AvgIpc) is 3.07. The number of anilines is 1. The minimum absolute atomic E-state index is 0.196. The summed E-state index contributed by atoms with van der Waals surface area (Å²) < 4.78 is 0. The maximum Gasteiger partial charge on any atom is 0.244 e. The van der Waals surface area contributed by atoms with Crippen LogP contribution in [0.1, 0.15) is 25.3 Å². The largest absolute Gasteiger partial charge is 0.322 e. The second-order valence-electron chi connectivity index (χ2n) is 4.80. The molecule has 1 saturated carbocycles. The lowest BCUT2D eigenvalue weighted by Crippen LogP contribution is -2.50. The number of aryl methyl sites for hydroxylation is 1. The van der Waals surface area contributed by atoms with Crippen molar-refractivity contribution in [2.75, 3.05) is 5.32 Å². The van der Waals surface area contributed by atoms with Gasteiger partial charge in [0.1, 0.15) is 0 Å². The van der Waals surface area contributed by atoms with Crippen molar-refractivity contribution in [3.8, 4) is 0 Å². The lowest BCUT2D eigenvalue weighted by atomic mass is 9.96. The molecule has 1 fully saturated rings. The van der Waals surface area contributed by atoms with E-state index in [2.05, 4.69) is 10.3 Å². The zero-order valence-electron chi connectivity index (χ0n) is 9.96. The van der Waals surface area contributed by atoms with Gasteiger partial charge in [0.15, 0.2) is 5.15 Å². The Morgan fingerprint density at radius 3 is 2.82 bits per heavy atom. The fourth-order valence-corrected chi connectivity index (χ4v) is 2.04. The molecule has 1 aliphatic carbocycles. The summed E-state index contributed by atoms with van der Waals surface area (Å²) in [6, 6.07) is 1.80. The quantitative estimate of drug-likeness (QED) is 0.811. The molecular weight excluding hydrogens is 238 g/mol. The molecular formula is C12H16ClN3O. The van der Waals surface area contributed by atoms with Crippen molar-refractivity contribution >= 4 is 23.2 Å². The summed E-state index contributed by atoms with van der Waals surface area (Å²) >= 11 is 5.95. The highest BCUT2D eigenvalue weighted by Crippen LogP contribution is 2.39. The number of nitrogens with one attached hydrogen (secondary N) is 1. The predicted octanol–water partition coefficient (Wildman–Crippen LogP) is 2.11. The van der Waals surface area contributed by atoms with Crippen molar-refractivity contribution in [1.29, 1.82) is 0 Å². The second kappa shape index (κ2) is 4.27. The third-order valence-electron chi connectivity index (χ3n) is 3.27. The number of hydrogen-bond acceptors (Lipinski definition) is 3. The molecule has 1 unspecified atom stereocenters. The van der Waals surface area contributed by atoms with E-state index in [9.17, 15) is 4.79 Å². The van der Waals surface area contributed by atoms with Gasteiger partial charge in [-0.3, -0.25) is 4.79 Å². The van der Waals surface area contributed by atoms with Crippen LogP contribution in [-0.2, 0) is 4.79 Å². The van der Waals surface area contributed by atoms with Gasteiger partial charge in [-0.2, -0.15) is 0 Å². The third kappa shape index (κ3) is 2.42. The van der Waals surface area contributed by atoms with Crippen LogP contribution < -0.4 is 11.1 Å². The van der Waals surface area contributed by atoms with Gasteiger partial charge in [-0.15, -0.1) is 0 Å². The summed E-state index contributed by atoms with van der Waals surface area (Å²) in [4.78, 5) is 16.0. The van der Waals surface area contributed by atoms with Gasteiger partial charge in [-0.25, -0.2) is 4.98 Å². The summed E-state index contributed by atoms with van der Waals surface area (Å²) in [5.74, 6) is 0.0799. The van der Waals surface area contributed by atoms with Gasteiger partial charge in [-0.05, 0) is 44.2 Å². The molecule has 1 atom stereocenters. The van der Waals surface area contributed by atoms with E-state index in [4.69, 9.17) is 17.3 Å². The fraction of sp³-hybridized carbons (Fsp3) is 0.500. The SMILES string of the molecule is Cc1ccnc(Cl)c1NC(=O)C(C)(N)C1CC1. The molecule has 2 rings (SSSR count). The van der Waals surface area contributed by atoms with Crippen molar-refractivity contribution in [3.63, 3.8) is 0 Å². The third-order valence-corrected chi connectivity index (χ3v) is 3.55. The Hall–Kier alpha value is -1.13. The number of amides is 1. The molecule has 1 amide bonds. The Balaban J connectivity index is 2.18. The molecule has 0 bridgehead atoms. The van der Waals surface area contributed by atoms with Crippen LogP contribution in [0, 0.1) is 12.8 Å². The van der Waals surface area contributed by atoms with Gasteiger partial charge < -0.3 is 11.1 Å². The van der Waals surface area contributed by atoms with Crippen molar-refractivity contribution in [1.82, 2.24) is 4.98 Å². The van der Waals surface area contributed by atoms with Gasteiger partial charge in [-0.1, -0.05) is 11.6 Å². The zero-order chi connectivity index (χ0) is 12.6. The van der Waals surface area contributed by atoms with Crippen molar-refractivity contribution in [2.24, 2.45) is 11.7 Å². The van der Waals surface area contributed by atoms with Crippen LogP contribution in [0.4, 0.5) is 5.69 Å². The number of hydrogen-bond donors (Lipinski definition) is 2. The van der Waals surface area contributed by atoms with E-state index in [1.807, 2.05) is 6.92 Å². The fourth-order valence-electron chi connectivity index (χ4n) is 1.79. The molecule has 1 heterocycles. The number of nitrogens with zero attached hydrogens (tertiary/aromatic N) is 1. The van der Waals surface area contributed by atoms with Crippen LogP contribution in [-0.4, -0.2) is 16.4 Å². The van der Waals surface area contributed by atoms with E-state index >= 15 is 0 Å². The number of carbonyl (C=O) groups excluding carboxylic acids is 1. The first kappa shape index (κ1) is 12.3. The van der Waals surface area contributed by atoms with E-state index in [1.165, 1.54) is 0 Å². The molecule has 92 valence electrons. The molecule has 5 heteroatoms. The van der Waals surface area contributed by atoms with Crippen LogP contribution in [0.5, 0.6) is 0 Å². The zero-order valence-corrected chi connectivity index (χ0v) is 10.7. The Bertz CT molecular complexity index is 435. The number of carbonyl (C=O) groups is 1. The molecule has 0 aliphatic heterocycles. The number of rotatable bonds is 3. The van der Waals surface area contributed by atoms with Gasteiger partial charge in [0.25, 0.3) is 0 Å². The number of nitrogens with two attached hydrogens (primary N) is 1. The van der Waals surface area contributed by atoms with Crippen LogP contribution in [0.15, 0.2) is 12.3 Å². The van der Waals surface area contributed by atoms with Crippen molar-refractivity contribution in [2.45, 2.75) is 32.2 Å². The van der Waals surface area contributed by atoms with E-state index < -0.39 is 5.54 Å². The predicted molar refractivity (Wildman–Crippen MR) is 67.9 cm³/mol. The summed E-state index contributed by atoms with van der Waals surface area (Å²) in [7, 11) is 0. The topological polar surface area (TPSA) is 68.0 Å². The molecule has 1 aliphatic rings. The molecule has 1 aromatic rings.